The number of nitrogens with one attached hydrogen (secondary N) is 1. The third kappa shape index (κ3) is 3.47. The summed E-state index contributed by atoms with van der Waals surface area (Å²) in [4.78, 5) is 13.9. The third-order valence-electron chi connectivity index (χ3n) is 4.38. The van der Waals surface area contributed by atoms with Crippen LogP contribution in [0.25, 0.3) is 0 Å². The summed E-state index contributed by atoms with van der Waals surface area (Å²) in [6.07, 6.45) is 6.32. The van der Waals surface area contributed by atoms with Gasteiger partial charge in [0.25, 0.3) is 0 Å². The number of carbonyl (C=O) groups is 1. The lowest BCUT2D eigenvalue weighted by Crippen LogP contribution is -2.49. The van der Waals surface area contributed by atoms with E-state index in [2.05, 4.69) is 12.2 Å². The van der Waals surface area contributed by atoms with Crippen LogP contribution in [0.3, 0.4) is 0 Å². The maximum atomic E-state index is 11.9. The highest BCUT2D eigenvalue weighted by atomic mass is 16.2. The van der Waals surface area contributed by atoms with Gasteiger partial charge in [0.05, 0.1) is 0 Å². The van der Waals surface area contributed by atoms with Crippen molar-refractivity contribution in [1.29, 1.82) is 0 Å². The fraction of sp³-hybridized carbons (Fsp3) is 0.933. The second-order valence-electron chi connectivity index (χ2n) is 6.27. The Morgan fingerprint density at radius 3 is 2.28 bits per heavy atom. The molecule has 0 radical (unpaired) electrons. The molecule has 2 fully saturated rings. The van der Waals surface area contributed by atoms with Gasteiger partial charge in [-0.1, -0.05) is 20.8 Å². The molecule has 1 heterocycles. The standard InChI is InChI=1S/C15H28N2O/c1-4-14(12-5-6-12)16-13-7-9-17(10-8-13)15(18)11(2)3/h11-14,16H,4-10H2,1-3H3. The molecule has 104 valence electrons. The minimum Gasteiger partial charge on any atom is -0.342 e. The second kappa shape index (κ2) is 6.05. The number of piperidine rings is 1. The molecule has 1 saturated carbocycles. The van der Waals surface area contributed by atoms with E-state index in [1.54, 1.807) is 0 Å². The molecule has 1 aliphatic heterocycles. The van der Waals surface area contributed by atoms with E-state index in [-0.39, 0.29) is 5.92 Å². The molecule has 1 atom stereocenters. The average molecular weight is 252 g/mol. The maximum absolute atomic E-state index is 11.9. The van der Waals surface area contributed by atoms with Crippen LogP contribution < -0.4 is 5.32 Å². The summed E-state index contributed by atoms with van der Waals surface area (Å²) >= 11 is 0. The Hall–Kier alpha value is -0.570. The molecule has 0 spiro atoms. The fourth-order valence-electron chi connectivity index (χ4n) is 3.02. The maximum Gasteiger partial charge on any atom is 0.225 e. The Morgan fingerprint density at radius 1 is 1.22 bits per heavy atom. The van der Waals surface area contributed by atoms with Gasteiger partial charge >= 0.3 is 0 Å². The number of hydrogen-bond acceptors (Lipinski definition) is 2. The van der Waals surface area contributed by atoms with Gasteiger partial charge in [-0.3, -0.25) is 4.79 Å². The van der Waals surface area contributed by atoms with Crippen molar-refractivity contribution in [3.05, 3.63) is 0 Å². The Kier molecular flexibility index (Phi) is 4.66. The zero-order valence-corrected chi connectivity index (χ0v) is 12.1. The smallest absolute Gasteiger partial charge is 0.225 e. The van der Waals surface area contributed by atoms with Crippen molar-refractivity contribution in [2.24, 2.45) is 11.8 Å². The predicted octanol–water partition coefficient (Wildman–Crippen LogP) is 2.41. The van der Waals surface area contributed by atoms with Crippen molar-refractivity contribution in [2.75, 3.05) is 13.1 Å². The first-order valence-electron chi connectivity index (χ1n) is 7.66. The van der Waals surface area contributed by atoms with Crippen LogP contribution in [0, 0.1) is 11.8 Å². The Morgan fingerprint density at radius 2 is 1.83 bits per heavy atom. The Bertz CT molecular complexity index is 278. The van der Waals surface area contributed by atoms with E-state index in [0.29, 0.717) is 11.9 Å². The second-order valence-corrected chi connectivity index (χ2v) is 6.27. The SMILES string of the molecule is CCC(NC1CCN(C(=O)C(C)C)CC1)C1CC1. The van der Waals surface area contributed by atoms with Crippen LogP contribution in [0.1, 0.15) is 52.9 Å². The summed E-state index contributed by atoms with van der Waals surface area (Å²) in [5, 5.41) is 3.82. The van der Waals surface area contributed by atoms with E-state index >= 15 is 0 Å². The molecule has 1 aliphatic carbocycles. The van der Waals surface area contributed by atoms with Crippen molar-refractivity contribution in [2.45, 2.75) is 65.0 Å². The summed E-state index contributed by atoms with van der Waals surface area (Å²) in [7, 11) is 0. The summed E-state index contributed by atoms with van der Waals surface area (Å²) in [6.45, 7) is 8.15. The number of hydrogen-bond donors (Lipinski definition) is 1. The molecule has 3 nitrogen and oxygen atoms in total. The van der Waals surface area contributed by atoms with E-state index in [0.717, 1.165) is 37.9 Å². The highest BCUT2D eigenvalue weighted by molar-refractivity contribution is 5.78. The number of likely N-dealkylation sites (tertiary alicyclic amines) is 1. The molecule has 2 aliphatic rings. The zero-order valence-electron chi connectivity index (χ0n) is 12.1. The first kappa shape index (κ1) is 13.9. The van der Waals surface area contributed by atoms with Crippen molar-refractivity contribution in [3.8, 4) is 0 Å². The highest BCUT2D eigenvalue weighted by Crippen LogP contribution is 2.34. The molecule has 0 aromatic carbocycles. The quantitative estimate of drug-likeness (QED) is 0.815. The molecule has 0 bridgehead atoms. The highest BCUT2D eigenvalue weighted by Gasteiger charge is 2.32. The lowest BCUT2D eigenvalue weighted by molar-refractivity contribution is -0.135. The molecule has 0 aromatic rings. The largest absolute Gasteiger partial charge is 0.342 e. The Balaban J connectivity index is 1.74. The van der Waals surface area contributed by atoms with E-state index in [1.807, 2.05) is 18.7 Å². The average Bonchev–Trinajstić information content (AvgIpc) is 3.20. The molecule has 1 saturated heterocycles. The molecule has 0 aromatic heterocycles. The van der Waals surface area contributed by atoms with Gasteiger partial charge in [-0.15, -0.1) is 0 Å². The third-order valence-corrected chi connectivity index (χ3v) is 4.38. The number of carbonyl (C=O) groups excluding carboxylic acids is 1. The van der Waals surface area contributed by atoms with Crippen LogP contribution in [0.5, 0.6) is 0 Å². The minimum absolute atomic E-state index is 0.143. The van der Waals surface area contributed by atoms with Crippen LogP contribution >= 0.6 is 0 Å². The first-order chi connectivity index (χ1) is 8.61. The number of nitrogens with zero attached hydrogens (tertiary/aromatic N) is 1. The van der Waals surface area contributed by atoms with Crippen LogP contribution in [0.2, 0.25) is 0 Å². The predicted molar refractivity (Wildman–Crippen MR) is 74.4 cm³/mol. The van der Waals surface area contributed by atoms with Crippen molar-refractivity contribution >= 4 is 5.91 Å². The van der Waals surface area contributed by atoms with Crippen LogP contribution in [0.15, 0.2) is 0 Å². The summed E-state index contributed by atoms with van der Waals surface area (Å²) in [6, 6.07) is 1.36. The van der Waals surface area contributed by atoms with E-state index in [9.17, 15) is 4.79 Å². The molecule has 18 heavy (non-hydrogen) atoms. The number of amides is 1. The Labute approximate surface area is 111 Å². The van der Waals surface area contributed by atoms with Crippen molar-refractivity contribution < 1.29 is 4.79 Å². The van der Waals surface area contributed by atoms with Crippen molar-refractivity contribution in [1.82, 2.24) is 10.2 Å². The summed E-state index contributed by atoms with van der Waals surface area (Å²) in [5.41, 5.74) is 0. The number of rotatable bonds is 5. The molecular weight excluding hydrogens is 224 g/mol. The lowest BCUT2D eigenvalue weighted by atomic mass is 10.0. The molecular formula is C15H28N2O. The normalized spacial score (nSPS) is 23.4. The minimum atomic E-state index is 0.143. The van der Waals surface area contributed by atoms with Crippen LogP contribution in [0.4, 0.5) is 0 Å². The van der Waals surface area contributed by atoms with E-state index < -0.39 is 0 Å². The van der Waals surface area contributed by atoms with E-state index in [1.165, 1.54) is 19.3 Å². The monoisotopic (exact) mass is 252 g/mol. The first-order valence-corrected chi connectivity index (χ1v) is 7.66. The van der Waals surface area contributed by atoms with Crippen LogP contribution in [-0.4, -0.2) is 36.0 Å². The van der Waals surface area contributed by atoms with Gasteiger partial charge in [-0.05, 0) is 38.0 Å². The fourth-order valence-corrected chi connectivity index (χ4v) is 3.02. The topological polar surface area (TPSA) is 32.3 Å². The van der Waals surface area contributed by atoms with Crippen molar-refractivity contribution in [3.63, 3.8) is 0 Å². The lowest BCUT2D eigenvalue weighted by Gasteiger charge is -2.35. The molecule has 1 N–H and O–H groups in total. The van der Waals surface area contributed by atoms with Gasteiger partial charge in [0.1, 0.15) is 0 Å². The summed E-state index contributed by atoms with van der Waals surface area (Å²) < 4.78 is 0. The molecule has 1 amide bonds. The molecule has 2 rings (SSSR count). The van der Waals surface area contributed by atoms with Gasteiger partial charge in [-0.2, -0.15) is 0 Å². The zero-order chi connectivity index (χ0) is 13.1. The van der Waals surface area contributed by atoms with Gasteiger partial charge in [0.15, 0.2) is 0 Å². The van der Waals surface area contributed by atoms with Gasteiger partial charge in [0, 0.05) is 31.1 Å². The molecule has 3 heteroatoms. The van der Waals surface area contributed by atoms with Gasteiger partial charge in [-0.25, -0.2) is 0 Å². The van der Waals surface area contributed by atoms with Crippen LogP contribution in [-0.2, 0) is 4.79 Å². The van der Waals surface area contributed by atoms with Gasteiger partial charge < -0.3 is 10.2 Å². The van der Waals surface area contributed by atoms with Gasteiger partial charge in [0.2, 0.25) is 5.91 Å². The van der Waals surface area contributed by atoms with E-state index in [4.69, 9.17) is 0 Å². The molecule has 1 unspecified atom stereocenters. The summed E-state index contributed by atoms with van der Waals surface area (Å²) in [5.74, 6) is 1.40.